The van der Waals surface area contributed by atoms with E-state index in [0.717, 1.165) is 32.3 Å². The second-order valence-corrected chi connectivity index (χ2v) is 9.96. The molecule has 0 aliphatic rings. The molecule has 2 aromatic heterocycles. The first kappa shape index (κ1) is 22.1. The molecule has 4 nitrogen and oxygen atoms in total. The lowest BCUT2D eigenvalue weighted by molar-refractivity contribution is 0.103. The van der Waals surface area contributed by atoms with Crippen LogP contribution in [0, 0.1) is 19.7 Å². The topological polar surface area (TPSA) is 54.9 Å². The minimum absolute atomic E-state index is 0.215. The number of hydrogen-bond donors (Lipinski definition) is 1. The zero-order valence-electron chi connectivity index (χ0n) is 18.5. The summed E-state index contributed by atoms with van der Waals surface area (Å²) in [7, 11) is 0. The number of aryl methyl sites for hydroxylation is 2. The molecule has 0 aliphatic carbocycles. The Balaban J connectivity index is 1.33. The van der Waals surface area contributed by atoms with Crippen LogP contribution in [0.4, 0.5) is 10.1 Å². The lowest BCUT2D eigenvalue weighted by Gasteiger charge is -2.05. The SMILES string of the molecule is Cc1nc(-c2ccc(F)cc2)sc1C(=O)Nc1ccc(-c2nc(-c3ccccc3)sc2C)cc1. The van der Waals surface area contributed by atoms with E-state index in [1.807, 2.05) is 42.5 Å². The molecular weight excluding hydrogens is 465 g/mol. The summed E-state index contributed by atoms with van der Waals surface area (Å²) in [6.45, 7) is 3.87. The number of anilines is 1. The number of amides is 1. The van der Waals surface area contributed by atoms with Gasteiger partial charge in [-0.2, -0.15) is 0 Å². The average molecular weight is 486 g/mol. The van der Waals surface area contributed by atoms with E-state index >= 15 is 0 Å². The predicted molar refractivity (Wildman–Crippen MR) is 138 cm³/mol. The fourth-order valence-electron chi connectivity index (χ4n) is 3.59. The third-order valence-electron chi connectivity index (χ3n) is 5.33. The molecule has 0 saturated carbocycles. The van der Waals surface area contributed by atoms with Crippen molar-refractivity contribution in [2.45, 2.75) is 13.8 Å². The third kappa shape index (κ3) is 4.53. The largest absolute Gasteiger partial charge is 0.321 e. The Hall–Kier alpha value is -3.68. The van der Waals surface area contributed by atoms with Crippen molar-refractivity contribution in [3.63, 3.8) is 0 Å². The van der Waals surface area contributed by atoms with Gasteiger partial charge in [-0.3, -0.25) is 4.79 Å². The van der Waals surface area contributed by atoms with Gasteiger partial charge < -0.3 is 5.32 Å². The fraction of sp³-hybridized carbons (Fsp3) is 0.0741. The van der Waals surface area contributed by atoms with Crippen molar-refractivity contribution in [1.82, 2.24) is 9.97 Å². The molecule has 0 bridgehead atoms. The molecule has 34 heavy (non-hydrogen) atoms. The van der Waals surface area contributed by atoms with Crippen LogP contribution in [0.2, 0.25) is 0 Å². The first-order valence-electron chi connectivity index (χ1n) is 10.7. The summed E-state index contributed by atoms with van der Waals surface area (Å²) >= 11 is 2.96. The Bertz CT molecular complexity index is 1460. The number of hydrogen-bond acceptors (Lipinski definition) is 5. The second kappa shape index (κ2) is 9.29. The number of benzene rings is 3. The van der Waals surface area contributed by atoms with Gasteiger partial charge in [0.2, 0.25) is 0 Å². The summed E-state index contributed by atoms with van der Waals surface area (Å²) in [6, 6.07) is 23.9. The molecule has 0 radical (unpaired) electrons. The number of nitrogens with one attached hydrogen (secondary N) is 1. The molecule has 1 N–H and O–H groups in total. The standard InChI is InChI=1S/C27H20FN3OS2/c1-16-24(34-26(29-16)20-8-12-21(28)13-9-20)25(32)30-22-14-10-18(11-15-22)23-17(2)33-27(31-23)19-6-4-3-5-7-19/h3-15H,1-2H3,(H,30,32). The van der Waals surface area contributed by atoms with Gasteiger partial charge in [0.25, 0.3) is 5.91 Å². The summed E-state index contributed by atoms with van der Waals surface area (Å²) in [5.41, 5.74) is 5.17. The Morgan fingerprint density at radius 1 is 0.765 bits per heavy atom. The molecule has 0 fully saturated rings. The van der Waals surface area contributed by atoms with Crippen molar-refractivity contribution in [1.29, 1.82) is 0 Å². The molecule has 2 heterocycles. The minimum atomic E-state index is -0.303. The molecule has 168 valence electrons. The molecule has 0 aliphatic heterocycles. The molecule has 0 unspecified atom stereocenters. The molecule has 7 heteroatoms. The summed E-state index contributed by atoms with van der Waals surface area (Å²) in [5, 5.41) is 4.63. The molecule has 1 amide bonds. The monoisotopic (exact) mass is 485 g/mol. The Morgan fingerprint density at radius 3 is 2.09 bits per heavy atom. The maximum Gasteiger partial charge on any atom is 0.267 e. The van der Waals surface area contributed by atoms with Gasteiger partial charge >= 0.3 is 0 Å². The lowest BCUT2D eigenvalue weighted by Crippen LogP contribution is -2.11. The zero-order valence-corrected chi connectivity index (χ0v) is 20.1. The number of nitrogens with zero attached hydrogens (tertiary/aromatic N) is 2. The van der Waals surface area contributed by atoms with Crippen LogP contribution >= 0.6 is 22.7 Å². The van der Waals surface area contributed by atoms with E-state index < -0.39 is 0 Å². The van der Waals surface area contributed by atoms with Crippen molar-refractivity contribution < 1.29 is 9.18 Å². The number of aromatic nitrogens is 2. The molecule has 0 saturated heterocycles. The number of carbonyl (C=O) groups excluding carboxylic acids is 1. The first-order valence-corrected chi connectivity index (χ1v) is 12.3. The van der Waals surface area contributed by atoms with Crippen molar-refractivity contribution in [3.05, 3.63) is 100 Å². The van der Waals surface area contributed by atoms with Crippen LogP contribution in [0.1, 0.15) is 20.2 Å². The molecule has 5 aromatic rings. The second-order valence-electron chi connectivity index (χ2n) is 7.76. The van der Waals surface area contributed by atoms with Crippen LogP contribution in [0.25, 0.3) is 32.4 Å². The Morgan fingerprint density at radius 2 is 1.38 bits per heavy atom. The summed E-state index contributed by atoms with van der Waals surface area (Å²) < 4.78 is 13.2. The van der Waals surface area contributed by atoms with Gasteiger partial charge in [0, 0.05) is 27.3 Å². The highest BCUT2D eigenvalue weighted by Gasteiger charge is 2.17. The maximum absolute atomic E-state index is 13.2. The van der Waals surface area contributed by atoms with Crippen molar-refractivity contribution in [3.8, 4) is 32.4 Å². The normalized spacial score (nSPS) is 10.9. The van der Waals surface area contributed by atoms with Crippen LogP contribution in [0.15, 0.2) is 78.9 Å². The number of thiazole rings is 2. The van der Waals surface area contributed by atoms with E-state index in [1.165, 1.54) is 23.5 Å². The molecule has 0 atom stereocenters. The quantitative estimate of drug-likeness (QED) is 0.279. The van der Waals surface area contributed by atoms with E-state index in [-0.39, 0.29) is 11.7 Å². The van der Waals surface area contributed by atoms with Gasteiger partial charge in [0.05, 0.1) is 11.4 Å². The van der Waals surface area contributed by atoms with Crippen LogP contribution in [0.5, 0.6) is 0 Å². The van der Waals surface area contributed by atoms with Gasteiger partial charge in [-0.1, -0.05) is 42.5 Å². The minimum Gasteiger partial charge on any atom is -0.321 e. The Kier molecular flexibility index (Phi) is 6.04. The maximum atomic E-state index is 13.2. The molecule has 3 aromatic carbocycles. The van der Waals surface area contributed by atoms with Crippen LogP contribution < -0.4 is 5.32 Å². The van der Waals surface area contributed by atoms with Gasteiger partial charge in [-0.05, 0) is 50.2 Å². The highest BCUT2D eigenvalue weighted by molar-refractivity contribution is 7.17. The van der Waals surface area contributed by atoms with Crippen LogP contribution in [-0.4, -0.2) is 15.9 Å². The van der Waals surface area contributed by atoms with Crippen LogP contribution in [0.3, 0.4) is 0 Å². The molecule has 5 rings (SSSR count). The summed E-state index contributed by atoms with van der Waals surface area (Å²) in [6.07, 6.45) is 0. The van der Waals surface area contributed by atoms with E-state index in [2.05, 4.69) is 29.4 Å². The first-order chi connectivity index (χ1) is 16.5. The summed E-state index contributed by atoms with van der Waals surface area (Å²) in [5.74, 6) is -0.519. The van der Waals surface area contributed by atoms with Gasteiger partial charge in [0.1, 0.15) is 20.7 Å². The number of rotatable bonds is 5. The predicted octanol–water partition coefficient (Wildman–Crippen LogP) is 7.61. The highest BCUT2D eigenvalue weighted by Crippen LogP contribution is 2.34. The molecular formula is C27H20FN3OS2. The number of carbonyl (C=O) groups is 1. The zero-order chi connectivity index (χ0) is 23.7. The van der Waals surface area contributed by atoms with E-state index in [1.54, 1.807) is 30.4 Å². The molecule has 0 spiro atoms. The Labute approximate surface area is 204 Å². The van der Waals surface area contributed by atoms with E-state index in [4.69, 9.17) is 4.98 Å². The average Bonchev–Trinajstić information content (AvgIpc) is 3.43. The van der Waals surface area contributed by atoms with E-state index in [9.17, 15) is 9.18 Å². The van der Waals surface area contributed by atoms with Crippen molar-refractivity contribution >= 4 is 34.3 Å². The van der Waals surface area contributed by atoms with Crippen LogP contribution in [-0.2, 0) is 0 Å². The van der Waals surface area contributed by atoms with Crippen molar-refractivity contribution in [2.24, 2.45) is 0 Å². The smallest absolute Gasteiger partial charge is 0.267 e. The van der Waals surface area contributed by atoms with Gasteiger partial charge in [0.15, 0.2) is 0 Å². The highest BCUT2D eigenvalue weighted by atomic mass is 32.1. The lowest BCUT2D eigenvalue weighted by atomic mass is 10.1. The van der Waals surface area contributed by atoms with Gasteiger partial charge in [-0.15, -0.1) is 22.7 Å². The fourth-order valence-corrected chi connectivity index (χ4v) is 5.50. The van der Waals surface area contributed by atoms with Gasteiger partial charge in [-0.25, -0.2) is 14.4 Å². The summed E-state index contributed by atoms with van der Waals surface area (Å²) in [4.78, 5) is 23.9. The van der Waals surface area contributed by atoms with Crippen molar-refractivity contribution in [2.75, 3.05) is 5.32 Å². The number of halogens is 1. The third-order valence-corrected chi connectivity index (χ3v) is 7.55. The van der Waals surface area contributed by atoms with E-state index in [0.29, 0.717) is 21.3 Å².